The average molecular weight is 254 g/mol. The molecule has 0 amide bonds. The van der Waals surface area contributed by atoms with Crippen LogP contribution in [0.3, 0.4) is 0 Å². The van der Waals surface area contributed by atoms with Crippen LogP contribution in [-0.2, 0) is 0 Å². The molecule has 7 nitrogen and oxygen atoms in total. The summed E-state index contributed by atoms with van der Waals surface area (Å²) in [5.74, 6) is -0.124. The Morgan fingerprint density at radius 3 is 2.53 bits per heavy atom. The summed E-state index contributed by atoms with van der Waals surface area (Å²) in [7, 11) is 0. The smallest absolute Gasteiger partial charge is 0.270 e. The minimum absolute atomic E-state index is 0.0273. The zero-order valence-electron chi connectivity index (χ0n) is 9.45. The predicted molar refractivity (Wildman–Crippen MR) is 64.6 cm³/mol. The number of nitriles is 2. The molecular weight excluding hydrogens is 248 g/mol. The van der Waals surface area contributed by atoms with Gasteiger partial charge in [0.2, 0.25) is 5.88 Å². The van der Waals surface area contributed by atoms with Crippen LogP contribution in [0.5, 0.6) is 0 Å². The third-order valence-electron chi connectivity index (χ3n) is 2.48. The van der Waals surface area contributed by atoms with Gasteiger partial charge in [-0.05, 0) is 0 Å². The Kier molecular flexibility index (Phi) is 2.88. The molecule has 2 aromatic rings. The molecule has 1 heterocycles. The summed E-state index contributed by atoms with van der Waals surface area (Å²) in [5, 5.41) is 28.6. The van der Waals surface area contributed by atoms with Crippen LogP contribution in [0, 0.1) is 32.8 Å². The van der Waals surface area contributed by atoms with Crippen LogP contribution >= 0.6 is 0 Å². The molecule has 1 aromatic carbocycles. The van der Waals surface area contributed by atoms with E-state index in [0.29, 0.717) is 5.56 Å². The van der Waals surface area contributed by atoms with E-state index in [4.69, 9.17) is 20.7 Å². The van der Waals surface area contributed by atoms with Gasteiger partial charge >= 0.3 is 0 Å². The van der Waals surface area contributed by atoms with Gasteiger partial charge in [0.05, 0.1) is 4.92 Å². The Balaban J connectivity index is 2.67. The highest BCUT2D eigenvalue weighted by Gasteiger charge is 2.21. The maximum Gasteiger partial charge on any atom is 0.270 e. The summed E-state index contributed by atoms with van der Waals surface area (Å²) in [6, 6.07) is 9.14. The van der Waals surface area contributed by atoms with Gasteiger partial charge in [-0.1, -0.05) is 12.1 Å². The maximum absolute atomic E-state index is 10.7. The van der Waals surface area contributed by atoms with Crippen molar-refractivity contribution in [2.45, 2.75) is 0 Å². The number of rotatable bonds is 2. The first-order valence-corrected chi connectivity index (χ1v) is 5.05. The minimum atomic E-state index is -0.562. The molecular formula is C12H6N4O3. The number of hydrogen-bond acceptors (Lipinski definition) is 6. The van der Waals surface area contributed by atoms with Gasteiger partial charge in [0, 0.05) is 17.7 Å². The van der Waals surface area contributed by atoms with Gasteiger partial charge in [-0.3, -0.25) is 10.1 Å². The topological polar surface area (TPSA) is 130 Å². The van der Waals surface area contributed by atoms with Crippen LogP contribution in [0.2, 0.25) is 0 Å². The summed E-state index contributed by atoms with van der Waals surface area (Å²) in [6.07, 6.45) is 0. The van der Waals surface area contributed by atoms with E-state index in [1.165, 1.54) is 24.3 Å². The Labute approximate surface area is 107 Å². The lowest BCUT2D eigenvalue weighted by Crippen LogP contribution is -1.88. The fourth-order valence-corrected chi connectivity index (χ4v) is 1.63. The number of non-ortho nitro benzene ring substituents is 1. The van der Waals surface area contributed by atoms with Gasteiger partial charge in [0.15, 0.2) is 5.76 Å². The lowest BCUT2D eigenvalue weighted by Gasteiger charge is -1.97. The van der Waals surface area contributed by atoms with Crippen LogP contribution in [-0.4, -0.2) is 4.92 Å². The summed E-state index contributed by atoms with van der Waals surface area (Å²) < 4.78 is 5.16. The van der Waals surface area contributed by atoms with Gasteiger partial charge in [-0.15, -0.1) is 0 Å². The molecule has 2 rings (SSSR count). The number of nitrogens with zero attached hydrogens (tertiary/aromatic N) is 3. The van der Waals surface area contributed by atoms with Crippen molar-refractivity contribution in [1.82, 2.24) is 0 Å². The highest BCUT2D eigenvalue weighted by Crippen LogP contribution is 2.33. The van der Waals surface area contributed by atoms with E-state index in [-0.39, 0.29) is 28.5 Å². The summed E-state index contributed by atoms with van der Waals surface area (Å²) >= 11 is 0. The number of nitrogen functional groups attached to an aromatic ring is 1. The molecule has 0 aliphatic carbocycles. The molecule has 1 aromatic heterocycles. The lowest BCUT2D eigenvalue weighted by molar-refractivity contribution is -0.384. The zero-order valence-corrected chi connectivity index (χ0v) is 9.45. The van der Waals surface area contributed by atoms with E-state index in [1.54, 1.807) is 6.07 Å². The Hall–Kier alpha value is -3.32. The van der Waals surface area contributed by atoms with Crippen molar-refractivity contribution in [1.29, 1.82) is 10.5 Å². The van der Waals surface area contributed by atoms with Crippen molar-refractivity contribution in [3.8, 4) is 23.5 Å². The van der Waals surface area contributed by atoms with Gasteiger partial charge < -0.3 is 10.2 Å². The van der Waals surface area contributed by atoms with Crippen LogP contribution in [0.15, 0.2) is 28.7 Å². The molecule has 0 saturated heterocycles. The monoisotopic (exact) mass is 254 g/mol. The van der Waals surface area contributed by atoms with E-state index in [9.17, 15) is 10.1 Å². The third-order valence-corrected chi connectivity index (χ3v) is 2.48. The van der Waals surface area contributed by atoms with Crippen LogP contribution in [0.25, 0.3) is 11.3 Å². The second-order valence-electron chi connectivity index (χ2n) is 3.58. The molecule has 0 saturated carbocycles. The first-order valence-electron chi connectivity index (χ1n) is 5.05. The van der Waals surface area contributed by atoms with Crippen molar-refractivity contribution >= 4 is 11.6 Å². The Bertz CT molecular complexity index is 749. The molecule has 0 spiro atoms. The maximum atomic E-state index is 10.7. The molecule has 19 heavy (non-hydrogen) atoms. The van der Waals surface area contributed by atoms with Crippen molar-refractivity contribution < 1.29 is 9.34 Å². The van der Waals surface area contributed by atoms with E-state index >= 15 is 0 Å². The first kappa shape index (κ1) is 12.1. The third kappa shape index (κ3) is 1.96. The summed E-state index contributed by atoms with van der Waals surface area (Å²) in [5.41, 5.74) is 5.57. The first-order chi connectivity index (χ1) is 9.08. The average Bonchev–Trinajstić information content (AvgIpc) is 2.74. The molecule has 2 N–H and O–H groups in total. The number of nitrogens with two attached hydrogens (primary N) is 1. The quantitative estimate of drug-likeness (QED) is 0.645. The van der Waals surface area contributed by atoms with Crippen molar-refractivity contribution in [3.63, 3.8) is 0 Å². The predicted octanol–water partition coefficient (Wildman–Crippen LogP) is 2.18. The number of benzene rings is 1. The molecule has 0 atom stereocenters. The van der Waals surface area contributed by atoms with Gasteiger partial charge in [-0.2, -0.15) is 10.5 Å². The van der Waals surface area contributed by atoms with Crippen molar-refractivity contribution in [3.05, 3.63) is 45.5 Å². The summed E-state index contributed by atoms with van der Waals surface area (Å²) in [6.45, 7) is 0. The molecule has 0 aliphatic rings. The molecule has 0 unspecified atom stereocenters. The van der Waals surface area contributed by atoms with Crippen molar-refractivity contribution in [2.24, 2.45) is 0 Å². The Morgan fingerprint density at radius 1 is 1.26 bits per heavy atom. The molecule has 0 radical (unpaired) electrons. The SMILES string of the molecule is N#Cc1c(N)oc(-c2cccc([N+](=O)[O-])c2)c1C#N. The molecule has 7 heteroatoms. The number of nitro benzene ring substituents is 1. The number of hydrogen-bond donors (Lipinski definition) is 1. The normalized spacial score (nSPS) is 9.58. The molecule has 0 fully saturated rings. The fraction of sp³-hybridized carbons (Fsp3) is 0. The highest BCUT2D eigenvalue weighted by atomic mass is 16.6. The Morgan fingerprint density at radius 2 is 1.95 bits per heavy atom. The number of anilines is 1. The van der Waals surface area contributed by atoms with Crippen LogP contribution < -0.4 is 5.73 Å². The van der Waals surface area contributed by atoms with E-state index < -0.39 is 4.92 Å². The van der Waals surface area contributed by atoms with Gasteiger partial charge in [-0.25, -0.2) is 0 Å². The van der Waals surface area contributed by atoms with E-state index in [1.807, 2.05) is 6.07 Å². The number of furan rings is 1. The largest absolute Gasteiger partial charge is 0.438 e. The fourth-order valence-electron chi connectivity index (χ4n) is 1.63. The standard InChI is InChI=1S/C12H6N4O3/c13-5-9-10(6-14)12(15)19-11(9)7-2-1-3-8(4-7)16(17)18/h1-4H,15H2. The molecule has 0 aliphatic heterocycles. The molecule has 92 valence electrons. The van der Waals surface area contributed by atoms with E-state index in [2.05, 4.69) is 0 Å². The zero-order chi connectivity index (χ0) is 14.0. The second kappa shape index (κ2) is 4.51. The summed E-state index contributed by atoms with van der Waals surface area (Å²) in [4.78, 5) is 10.1. The molecule has 0 bridgehead atoms. The van der Waals surface area contributed by atoms with Crippen LogP contribution in [0.1, 0.15) is 11.1 Å². The minimum Gasteiger partial charge on any atom is -0.438 e. The highest BCUT2D eigenvalue weighted by molar-refractivity contribution is 5.74. The second-order valence-corrected chi connectivity index (χ2v) is 3.58. The lowest BCUT2D eigenvalue weighted by atomic mass is 10.1. The number of nitro groups is 1. The van der Waals surface area contributed by atoms with Gasteiger partial charge in [0.1, 0.15) is 23.3 Å². The van der Waals surface area contributed by atoms with Crippen molar-refractivity contribution in [2.75, 3.05) is 5.73 Å². The van der Waals surface area contributed by atoms with E-state index in [0.717, 1.165) is 0 Å². The van der Waals surface area contributed by atoms with Gasteiger partial charge in [0.25, 0.3) is 5.69 Å². The van der Waals surface area contributed by atoms with Crippen LogP contribution in [0.4, 0.5) is 11.6 Å².